The Hall–Kier alpha value is -3.32. The lowest BCUT2D eigenvalue weighted by molar-refractivity contribution is 0.0952. The van der Waals surface area contributed by atoms with Crippen molar-refractivity contribution in [3.05, 3.63) is 71.8 Å². The molecule has 7 heteroatoms. The number of carbonyl (C=O) groups excluding carboxylic acids is 1. The largest absolute Gasteiger partial charge is 0.362 e. The number of nitrogens with two attached hydrogens (primary N) is 1. The van der Waals surface area contributed by atoms with Crippen molar-refractivity contribution >= 4 is 11.7 Å². The molecular weight excluding hydrogens is 412 g/mol. The predicted molar refractivity (Wildman–Crippen MR) is 133 cm³/mol. The molecule has 4 N–H and O–H groups in total. The molecule has 3 aromatic rings. The minimum absolute atomic E-state index is 0.0489. The second-order valence-electron chi connectivity index (χ2n) is 8.20. The third-order valence-electron chi connectivity index (χ3n) is 5.55. The summed E-state index contributed by atoms with van der Waals surface area (Å²) in [6, 6.07) is 9.91. The Labute approximate surface area is 196 Å². The number of carbonyl (C=O) groups is 1. The zero-order valence-electron chi connectivity index (χ0n) is 19.6. The number of benzene rings is 1. The molecule has 3 rings (SSSR count). The maximum absolute atomic E-state index is 12.5. The summed E-state index contributed by atoms with van der Waals surface area (Å²) in [5.74, 6) is 0.666. The molecule has 174 valence electrons. The van der Waals surface area contributed by atoms with Crippen LogP contribution in [0, 0.1) is 6.92 Å². The molecule has 7 nitrogen and oxygen atoms in total. The van der Waals surface area contributed by atoms with Crippen molar-refractivity contribution in [3.63, 3.8) is 0 Å². The van der Waals surface area contributed by atoms with Gasteiger partial charge in [-0.1, -0.05) is 31.9 Å². The first kappa shape index (κ1) is 24.3. The molecule has 2 heterocycles. The van der Waals surface area contributed by atoms with E-state index in [1.54, 1.807) is 18.6 Å². The molecule has 2 aromatic heterocycles. The Morgan fingerprint density at radius 1 is 1.09 bits per heavy atom. The molecule has 1 atom stereocenters. The molecule has 0 aliphatic carbocycles. The first-order valence-electron chi connectivity index (χ1n) is 11.7. The van der Waals surface area contributed by atoms with E-state index in [0.29, 0.717) is 24.5 Å². The zero-order chi connectivity index (χ0) is 23.5. The number of nitrogens with one attached hydrogen (secondary N) is 2. The van der Waals surface area contributed by atoms with Crippen molar-refractivity contribution < 1.29 is 4.79 Å². The van der Waals surface area contributed by atoms with Crippen molar-refractivity contribution in [2.75, 3.05) is 18.4 Å². The van der Waals surface area contributed by atoms with E-state index in [9.17, 15) is 4.79 Å². The Morgan fingerprint density at radius 3 is 2.70 bits per heavy atom. The molecule has 0 saturated carbocycles. The van der Waals surface area contributed by atoms with Gasteiger partial charge >= 0.3 is 0 Å². The van der Waals surface area contributed by atoms with Gasteiger partial charge in [0.05, 0.1) is 24.1 Å². The van der Waals surface area contributed by atoms with Crippen LogP contribution in [0.3, 0.4) is 0 Å². The molecule has 0 radical (unpaired) electrons. The summed E-state index contributed by atoms with van der Waals surface area (Å²) in [7, 11) is 0. The van der Waals surface area contributed by atoms with Crippen LogP contribution in [0.1, 0.15) is 66.6 Å². The highest BCUT2D eigenvalue weighted by Crippen LogP contribution is 2.25. The quantitative estimate of drug-likeness (QED) is 0.350. The van der Waals surface area contributed by atoms with Gasteiger partial charge in [0.25, 0.3) is 5.91 Å². The first-order chi connectivity index (χ1) is 16.1. The van der Waals surface area contributed by atoms with Gasteiger partial charge in [0.2, 0.25) is 0 Å². The minimum Gasteiger partial charge on any atom is -0.362 e. The van der Waals surface area contributed by atoms with Gasteiger partial charge in [-0.05, 0) is 62.1 Å². The van der Waals surface area contributed by atoms with E-state index in [2.05, 4.69) is 33.6 Å². The van der Waals surface area contributed by atoms with Crippen LogP contribution in [0.4, 0.5) is 5.82 Å². The molecule has 33 heavy (non-hydrogen) atoms. The van der Waals surface area contributed by atoms with Crippen LogP contribution in [0.2, 0.25) is 0 Å². The standard InChI is InChI=1S/C26H34N6O/c1-3-8-23(21-9-7-13-28-16-21)31-25-18-29-17-24(32-25)20-10-11-22(19(2)15-20)26(33)30-14-6-4-5-12-27/h7,9-11,13,15-18,23H,3-6,8,12,14,27H2,1-2H3,(H,30,33)(H,31,32). The fourth-order valence-electron chi connectivity index (χ4n) is 3.77. The molecule has 1 amide bonds. The summed E-state index contributed by atoms with van der Waals surface area (Å²) in [5, 5.41) is 6.50. The summed E-state index contributed by atoms with van der Waals surface area (Å²) in [6.07, 6.45) is 12.1. The number of anilines is 1. The molecule has 0 aliphatic rings. The lowest BCUT2D eigenvalue weighted by Gasteiger charge is -2.19. The van der Waals surface area contributed by atoms with E-state index in [0.717, 1.165) is 54.5 Å². The third-order valence-corrected chi connectivity index (χ3v) is 5.55. The summed E-state index contributed by atoms with van der Waals surface area (Å²) >= 11 is 0. The number of amides is 1. The lowest BCUT2D eigenvalue weighted by atomic mass is 10.0. The van der Waals surface area contributed by atoms with E-state index in [1.165, 1.54) is 0 Å². The van der Waals surface area contributed by atoms with E-state index >= 15 is 0 Å². The van der Waals surface area contributed by atoms with E-state index in [4.69, 9.17) is 10.7 Å². The highest BCUT2D eigenvalue weighted by atomic mass is 16.1. The fourth-order valence-corrected chi connectivity index (χ4v) is 3.77. The number of unbranched alkanes of at least 4 members (excludes halogenated alkanes) is 2. The van der Waals surface area contributed by atoms with Gasteiger partial charge in [0.1, 0.15) is 5.82 Å². The van der Waals surface area contributed by atoms with Crippen molar-refractivity contribution in [2.24, 2.45) is 5.73 Å². The van der Waals surface area contributed by atoms with E-state index < -0.39 is 0 Å². The summed E-state index contributed by atoms with van der Waals surface area (Å²) in [4.78, 5) is 26.0. The van der Waals surface area contributed by atoms with Crippen molar-refractivity contribution in [1.29, 1.82) is 0 Å². The van der Waals surface area contributed by atoms with Crippen molar-refractivity contribution in [3.8, 4) is 11.3 Å². The molecular formula is C26H34N6O. The fraction of sp³-hybridized carbons (Fsp3) is 0.385. The summed E-state index contributed by atoms with van der Waals surface area (Å²) < 4.78 is 0. The number of hydrogen-bond acceptors (Lipinski definition) is 6. The molecule has 0 spiro atoms. The van der Waals surface area contributed by atoms with Crippen LogP contribution in [0.5, 0.6) is 0 Å². The highest BCUT2D eigenvalue weighted by Gasteiger charge is 2.14. The highest BCUT2D eigenvalue weighted by molar-refractivity contribution is 5.96. The van der Waals surface area contributed by atoms with Crippen LogP contribution in [-0.4, -0.2) is 33.9 Å². The van der Waals surface area contributed by atoms with Crippen molar-refractivity contribution in [1.82, 2.24) is 20.3 Å². The van der Waals surface area contributed by atoms with Gasteiger partial charge in [0, 0.05) is 30.1 Å². The maximum atomic E-state index is 12.5. The third kappa shape index (κ3) is 7.08. The van der Waals surface area contributed by atoms with E-state index in [1.807, 2.05) is 37.4 Å². The van der Waals surface area contributed by atoms with Gasteiger partial charge in [-0.2, -0.15) is 0 Å². The van der Waals surface area contributed by atoms with Gasteiger partial charge < -0.3 is 16.4 Å². The van der Waals surface area contributed by atoms with Crippen LogP contribution < -0.4 is 16.4 Å². The Kier molecular flexibility index (Phi) is 9.32. The first-order valence-corrected chi connectivity index (χ1v) is 11.7. The topological polar surface area (TPSA) is 106 Å². The van der Waals surface area contributed by atoms with Crippen LogP contribution >= 0.6 is 0 Å². The molecule has 0 aliphatic heterocycles. The molecule has 1 aromatic carbocycles. The number of nitrogens with zero attached hydrogens (tertiary/aromatic N) is 3. The molecule has 0 fully saturated rings. The average molecular weight is 447 g/mol. The monoisotopic (exact) mass is 446 g/mol. The van der Waals surface area contributed by atoms with Gasteiger partial charge in [0.15, 0.2) is 0 Å². The number of hydrogen-bond donors (Lipinski definition) is 3. The minimum atomic E-state index is -0.0489. The van der Waals surface area contributed by atoms with Crippen molar-refractivity contribution in [2.45, 2.75) is 52.0 Å². The number of aryl methyl sites for hydroxylation is 1. The normalized spacial score (nSPS) is 11.7. The number of pyridine rings is 1. The zero-order valence-corrected chi connectivity index (χ0v) is 19.6. The Morgan fingerprint density at radius 2 is 1.97 bits per heavy atom. The molecule has 0 saturated heterocycles. The average Bonchev–Trinajstić information content (AvgIpc) is 2.84. The molecule has 1 unspecified atom stereocenters. The van der Waals surface area contributed by atoms with Gasteiger partial charge in [-0.25, -0.2) is 4.98 Å². The van der Waals surface area contributed by atoms with Crippen LogP contribution in [0.15, 0.2) is 55.1 Å². The smallest absolute Gasteiger partial charge is 0.251 e. The summed E-state index contributed by atoms with van der Waals surface area (Å²) in [6.45, 7) is 5.46. The van der Waals surface area contributed by atoms with Gasteiger partial charge in [-0.3, -0.25) is 14.8 Å². The van der Waals surface area contributed by atoms with E-state index in [-0.39, 0.29) is 11.9 Å². The predicted octanol–water partition coefficient (Wildman–Crippen LogP) is 4.66. The SMILES string of the molecule is CCCC(Nc1cncc(-c2ccc(C(=O)NCCCCCN)c(C)c2)n1)c1cccnc1. The van der Waals surface area contributed by atoms with Crippen LogP contribution in [0.25, 0.3) is 11.3 Å². The Bertz CT molecular complexity index is 1020. The van der Waals surface area contributed by atoms with Gasteiger partial charge in [-0.15, -0.1) is 0 Å². The lowest BCUT2D eigenvalue weighted by Crippen LogP contribution is -2.25. The second-order valence-corrected chi connectivity index (χ2v) is 8.20. The number of aromatic nitrogens is 3. The number of rotatable bonds is 12. The second kappa shape index (κ2) is 12.6. The summed E-state index contributed by atoms with van der Waals surface area (Å²) in [5.41, 5.74) is 9.92. The Balaban J connectivity index is 1.70. The molecule has 0 bridgehead atoms. The van der Waals surface area contributed by atoms with Crippen LogP contribution in [-0.2, 0) is 0 Å². The maximum Gasteiger partial charge on any atom is 0.251 e.